The average molecular weight is 192 g/mol. The number of carbonyl (C=O) groups excluding carboxylic acids is 2. The molecule has 0 aromatic rings. The van der Waals surface area contributed by atoms with Crippen LogP contribution in [0.4, 0.5) is 0 Å². The Morgan fingerprint density at radius 3 is 2.07 bits per heavy atom. The number of allylic oxidation sites excluding steroid dienone is 4. The second kappa shape index (κ2) is 5.01. The quantitative estimate of drug-likeness (QED) is 0.714. The molecule has 0 aromatic carbocycles. The highest BCUT2D eigenvalue weighted by molar-refractivity contribution is 5.84. The van der Waals surface area contributed by atoms with Gasteiger partial charge in [-0.05, 0) is 12.2 Å². The minimum Gasteiger partial charge on any atom is -0.370 e. The first-order valence-electron chi connectivity index (χ1n) is 4.31. The van der Waals surface area contributed by atoms with Crippen LogP contribution in [-0.2, 0) is 9.59 Å². The summed E-state index contributed by atoms with van der Waals surface area (Å²) in [5.74, 6) is -0.598. The van der Waals surface area contributed by atoms with Crippen molar-refractivity contribution in [2.45, 2.75) is 12.8 Å². The standard InChI is InChI=1S/C10H12N2O2/c11-9(13)5-6-10(14)12-7-3-1-2-4-8-12/h1-4,7-8H,5-6H2,(H2,11,13). The van der Waals surface area contributed by atoms with Gasteiger partial charge in [-0.2, -0.15) is 0 Å². The lowest BCUT2D eigenvalue weighted by atomic mass is 10.3. The first-order chi connectivity index (χ1) is 6.70. The fraction of sp³-hybridized carbons (Fsp3) is 0.200. The monoisotopic (exact) mass is 192 g/mol. The van der Waals surface area contributed by atoms with Crippen molar-refractivity contribution < 1.29 is 9.59 Å². The number of nitrogens with zero attached hydrogens (tertiary/aromatic N) is 1. The Kier molecular flexibility index (Phi) is 3.67. The zero-order valence-electron chi connectivity index (χ0n) is 7.72. The van der Waals surface area contributed by atoms with Crippen LogP contribution in [0.5, 0.6) is 0 Å². The second-order valence-electron chi connectivity index (χ2n) is 2.84. The van der Waals surface area contributed by atoms with Crippen molar-refractivity contribution in [1.29, 1.82) is 0 Å². The molecular weight excluding hydrogens is 180 g/mol. The van der Waals surface area contributed by atoms with E-state index >= 15 is 0 Å². The van der Waals surface area contributed by atoms with E-state index in [1.807, 2.05) is 12.2 Å². The van der Waals surface area contributed by atoms with E-state index < -0.39 is 5.91 Å². The number of hydrogen-bond donors (Lipinski definition) is 1. The Bertz CT molecular complexity index is 300. The Balaban J connectivity index is 2.48. The van der Waals surface area contributed by atoms with Gasteiger partial charge in [-0.15, -0.1) is 0 Å². The molecule has 0 spiro atoms. The van der Waals surface area contributed by atoms with Crippen LogP contribution in [0, 0.1) is 0 Å². The molecule has 1 aliphatic rings. The fourth-order valence-electron chi connectivity index (χ4n) is 0.988. The van der Waals surface area contributed by atoms with Gasteiger partial charge in [0.15, 0.2) is 0 Å². The summed E-state index contributed by atoms with van der Waals surface area (Å²) in [6, 6.07) is 0. The molecule has 0 atom stereocenters. The Morgan fingerprint density at radius 2 is 1.57 bits per heavy atom. The molecule has 1 aliphatic heterocycles. The van der Waals surface area contributed by atoms with Crippen molar-refractivity contribution in [3.63, 3.8) is 0 Å². The minimum atomic E-state index is -0.459. The summed E-state index contributed by atoms with van der Waals surface area (Å²) in [5, 5.41) is 0. The van der Waals surface area contributed by atoms with Gasteiger partial charge in [-0.1, -0.05) is 12.2 Å². The molecule has 0 saturated carbocycles. The third-order valence-electron chi connectivity index (χ3n) is 1.70. The van der Waals surface area contributed by atoms with E-state index in [1.165, 1.54) is 4.90 Å². The molecule has 0 aromatic heterocycles. The highest BCUT2D eigenvalue weighted by Gasteiger charge is 2.09. The van der Waals surface area contributed by atoms with Gasteiger partial charge >= 0.3 is 0 Å². The number of nitrogens with two attached hydrogens (primary N) is 1. The van der Waals surface area contributed by atoms with Gasteiger partial charge in [0.2, 0.25) is 11.8 Å². The molecule has 0 fully saturated rings. The van der Waals surface area contributed by atoms with Crippen LogP contribution < -0.4 is 5.73 Å². The van der Waals surface area contributed by atoms with E-state index in [1.54, 1.807) is 24.6 Å². The van der Waals surface area contributed by atoms with Gasteiger partial charge < -0.3 is 5.73 Å². The normalized spacial score (nSPS) is 14.1. The molecule has 0 radical (unpaired) electrons. The van der Waals surface area contributed by atoms with Gasteiger partial charge in [0.1, 0.15) is 0 Å². The Labute approximate surface area is 82.4 Å². The number of primary amides is 1. The van der Waals surface area contributed by atoms with Crippen LogP contribution >= 0.6 is 0 Å². The number of hydrogen-bond acceptors (Lipinski definition) is 2. The van der Waals surface area contributed by atoms with Crippen molar-refractivity contribution in [2.75, 3.05) is 0 Å². The molecule has 2 N–H and O–H groups in total. The summed E-state index contributed by atoms with van der Waals surface area (Å²) in [6.07, 6.45) is 10.7. The van der Waals surface area contributed by atoms with E-state index in [0.29, 0.717) is 0 Å². The molecule has 1 rings (SSSR count). The summed E-state index contributed by atoms with van der Waals surface area (Å²) < 4.78 is 0. The smallest absolute Gasteiger partial charge is 0.231 e. The summed E-state index contributed by atoms with van der Waals surface area (Å²) in [4.78, 5) is 23.3. The highest BCUT2D eigenvalue weighted by atomic mass is 16.2. The third-order valence-corrected chi connectivity index (χ3v) is 1.70. The summed E-state index contributed by atoms with van der Waals surface area (Å²) in [5.41, 5.74) is 4.94. The van der Waals surface area contributed by atoms with E-state index in [2.05, 4.69) is 0 Å². The molecule has 2 amide bonds. The molecule has 0 aliphatic carbocycles. The first kappa shape index (κ1) is 10.2. The maximum atomic E-state index is 11.4. The van der Waals surface area contributed by atoms with E-state index in [9.17, 15) is 9.59 Å². The van der Waals surface area contributed by atoms with Gasteiger partial charge in [0.25, 0.3) is 0 Å². The molecule has 0 bridgehead atoms. The summed E-state index contributed by atoms with van der Waals surface area (Å²) in [7, 11) is 0. The van der Waals surface area contributed by atoms with Gasteiger partial charge in [0.05, 0.1) is 0 Å². The van der Waals surface area contributed by atoms with E-state index in [0.717, 1.165) is 0 Å². The summed E-state index contributed by atoms with van der Waals surface area (Å²) >= 11 is 0. The topological polar surface area (TPSA) is 63.4 Å². The molecular formula is C10H12N2O2. The van der Waals surface area contributed by atoms with Gasteiger partial charge in [-0.25, -0.2) is 0 Å². The average Bonchev–Trinajstić information content (AvgIpc) is 2.42. The van der Waals surface area contributed by atoms with Crippen LogP contribution in [0.3, 0.4) is 0 Å². The molecule has 1 heterocycles. The summed E-state index contributed by atoms with van der Waals surface area (Å²) in [6.45, 7) is 0. The molecule has 74 valence electrons. The molecule has 4 heteroatoms. The highest BCUT2D eigenvalue weighted by Crippen LogP contribution is 2.03. The lowest BCUT2D eigenvalue weighted by molar-refractivity contribution is -0.129. The van der Waals surface area contributed by atoms with Crippen LogP contribution in [0.2, 0.25) is 0 Å². The predicted octanol–water partition coefficient (Wildman–Crippen LogP) is 0.678. The molecule has 14 heavy (non-hydrogen) atoms. The van der Waals surface area contributed by atoms with Crippen LogP contribution in [0.15, 0.2) is 36.7 Å². The zero-order chi connectivity index (χ0) is 10.4. The van der Waals surface area contributed by atoms with Crippen molar-refractivity contribution in [3.8, 4) is 0 Å². The number of amides is 2. The zero-order valence-corrected chi connectivity index (χ0v) is 7.72. The first-order valence-corrected chi connectivity index (χ1v) is 4.31. The largest absolute Gasteiger partial charge is 0.370 e. The molecule has 4 nitrogen and oxygen atoms in total. The lowest BCUT2D eigenvalue weighted by Gasteiger charge is -2.11. The SMILES string of the molecule is NC(=O)CCC(=O)N1C=CC=CC=C1. The van der Waals surface area contributed by atoms with E-state index in [4.69, 9.17) is 5.73 Å². The maximum absolute atomic E-state index is 11.4. The number of carbonyl (C=O) groups is 2. The Hall–Kier alpha value is -1.84. The van der Waals surface area contributed by atoms with Crippen molar-refractivity contribution in [2.24, 2.45) is 5.73 Å². The number of rotatable bonds is 3. The second-order valence-corrected chi connectivity index (χ2v) is 2.84. The van der Waals surface area contributed by atoms with Gasteiger partial charge in [-0.3, -0.25) is 14.5 Å². The molecule has 0 saturated heterocycles. The Morgan fingerprint density at radius 1 is 1.00 bits per heavy atom. The fourth-order valence-corrected chi connectivity index (χ4v) is 0.988. The van der Waals surface area contributed by atoms with Gasteiger partial charge in [0, 0.05) is 25.2 Å². The van der Waals surface area contributed by atoms with Crippen LogP contribution in [0.1, 0.15) is 12.8 Å². The van der Waals surface area contributed by atoms with Crippen molar-refractivity contribution in [1.82, 2.24) is 4.90 Å². The minimum absolute atomic E-state index is 0.0877. The molecule has 0 unspecified atom stereocenters. The maximum Gasteiger partial charge on any atom is 0.231 e. The third kappa shape index (κ3) is 3.26. The lowest BCUT2D eigenvalue weighted by Crippen LogP contribution is -2.22. The van der Waals surface area contributed by atoms with Crippen LogP contribution in [-0.4, -0.2) is 16.7 Å². The van der Waals surface area contributed by atoms with Crippen LogP contribution in [0.25, 0.3) is 0 Å². The van der Waals surface area contributed by atoms with E-state index in [-0.39, 0.29) is 18.7 Å². The van der Waals surface area contributed by atoms with Crippen molar-refractivity contribution >= 4 is 11.8 Å². The predicted molar refractivity (Wildman–Crippen MR) is 52.7 cm³/mol. The van der Waals surface area contributed by atoms with Crippen molar-refractivity contribution in [3.05, 3.63) is 36.7 Å².